The van der Waals surface area contributed by atoms with E-state index in [0.717, 1.165) is 4.80 Å². The van der Waals surface area contributed by atoms with Gasteiger partial charge in [0.1, 0.15) is 5.69 Å². The number of hydrogen-bond donors (Lipinski definition) is 1. The maximum Gasteiger partial charge on any atom is 0.169 e. The molecule has 1 heterocycles. The number of rotatable bonds is 1. The molecule has 1 aromatic carbocycles. The van der Waals surface area contributed by atoms with Crippen LogP contribution < -0.4 is 5.73 Å². The van der Waals surface area contributed by atoms with Crippen molar-refractivity contribution < 1.29 is 4.39 Å². The van der Waals surface area contributed by atoms with Crippen LogP contribution in [0.5, 0.6) is 0 Å². The van der Waals surface area contributed by atoms with Crippen LogP contribution >= 0.6 is 11.6 Å². The first-order valence-corrected chi connectivity index (χ1v) is 4.18. The molecule has 72 valence electrons. The normalized spacial score (nSPS) is 10.4. The average Bonchev–Trinajstić information content (AvgIpc) is 2.57. The number of nitrogens with zero attached hydrogens (tertiary/aromatic N) is 3. The Hall–Kier alpha value is -1.62. The Labute approximate surface area is 84.1 Å². The number of halogens is 2. The Morgan fingerprint density at radius 2 is 2.21 bits per heavy atom. The molecule has 0 fully saturated rings. The Kier molecular flexibility index (Phi) is 2.09. The highest BCUT2D eigenvalue weighted by atomic mass is 35.5. The van der Waals surface area contributed by atoms with E-state index in [9.17, 15) is 4.39 Å². The number of nitrogens with two attached hydrogens (primary N) is 1. The van der Waals surface area contributed by atoms with E-state index in [2.05, 4.69) is 10.2 Å². The van der Waals surface area contributed by atoms with E-state index in [-0.39, 0.29) is 16.5 Å². The highest BCUT2D eigenvalue weighted by molar-refractivity contribution is 6.30. The van der Waals surface area contributed by atoms with Gasteiger partial charge in [0.15, 0.2) is 11.6 Å². The molecule has 0 bridgehead atoms. The summed E-state index contributed by atoms with van der Waals surface area (Å²) >= 11 is 5.60. The number of aromatic nitrogens is 3. The molecular formula is C8H6ClFN4. The van der Waals surface area contributed by atoms with Gasteiger partial charge in [-0.2, -0.15) is 5.10 Å². The van der Waals surface area contributed by atoms with Crippen molar-refractivity contribution in [3.63, 3.8) is 0 Å². The molecule has 0 aliphatic rings. The number of anilines is 1. The highest BCUT2D eigenvalue weighted by Gasteiger charge is 2.09. The Bertz CT molecular complexity index is 468. The van der Waals surface area contributed by atoms with Crippen molar-refractivity contribution in [1.29, 1.82) is 0 Å². The summed E-state index contributed by atoms with van der Waals surface area (Å²) in [5, 5.41) is 7.56. The van der Waals surface area contributed by atoms with Gasteiger partial charge in [-0.3, -0.25) is 0 Å². The van der Waals surface area contributed by atoms with Gasteiger partial charge in [0, 0.05) is 0 Å². The van der Waals surface area contributed by atoms with Gasteiger partial charge in [0.05, 0.1) is 11.2 Å². The minimum atomic E-state index is -0.565. The van der Waals surface area contributed by atoms with Gasteiger partial charge in [-0.05, 0) is 12.1 Å². The van der Waals surface area contributed by atoms with Crippen LogP contribution in [0.2, 0.25) is 5.02 Å². The maximum absolute atomic E-state index is 13.4. The van der Waals surface area contributed by atoms with E-state index in [1.165, 1.54) is 18.3 Å². The molecule has 2 aromatic rings. The molecular weight excluding hydrogens is 207 g/mol. The lowest BCUT2D eigenvalue weighted by molar-refractivity contribution is 0.597. The van der Waals surface area contributed by atoms with Crippen molar-refractivity contribution in [2.24, 2.45) is 0 Å². The molecule has 2 rings (SSSR count). The van der Waals surface area contributed by atoms with E-state index >= 15 is 0 Å². The largest absolute Gasteiger partial charge is 0.381 e. The fraction of sp³-hybridized carbons (Fsp3) is 0. The minimum absolute atomic E-state index is 0.0263. The van der Waals surface area contributed by atoms with Gasteiger partial charge in [0.2, 0.25) is 0 Å². The molecule has 14 heavy (non-hydrogen) atoms. The molecule has 4 nitrogen and oxygen atoms in total. The van der Waals surface area contributed by atoms with Crippen molar-refractivity contribution in [3.8, 4) is 5.69 Å². The van der Waals surface area contributed by atoms with Gasteiger partial charge in [0.25, 0.3) is 0 Å². The van der Waals surface area contributed by atoms with E-state index < -0.39 is 5.82 Å². The van der Waals surface area contributed by atoms with Gasteiger partial charge in [-0.1, -0.05) is 17.7 Å². The minimum Gasteiger partial charge on any atom is -0.381 e. The van der Waals surface area contributed by atoms with Gasteiger partial charge in [-0.25, -0.2) is 4.39 Å². The molecule has 0 saturated carbocycles. The first-order valence-electron chi connectivity index (χ1n) is 3.80. The van der Waals surface area contributed by atoms with Crippen molar-refractivity contribution in [2.75, 3.05) is 5.73 Å². The number of benzene rings is 1. The summed E-state index contributed by atoms with van der Waals surface area (Å²) in [6.07, 6.45) is 1.33. The second-order valence-electron chi connectivity index (χ2n) is 2.63. The summed E-state index contributed by atoms with van der Waals surface area (Å²) in [5.74, 6) is -0.339. The van der Waals surface area contributed by atoms with Crippen LogP contribution in [0.3, 0.4) is 0 Å². The predicted octanol–water partition coefficient (Wildman–Crippen LogP) is 1.64. The summed E-state index contributed by atoms with van der Waals surface area (Å²) in [6.45, 7) is 0. The molecule has 1 aromatic heterocycles. The van der Waals surface area contributed by atoms with Crippen LogP contribution in [0.1, 0.15) is 0 Å². The smallest absolute Gasteiger partial charge is 0.169 e. The highest BCUT2D eigenvalue weighted by Crippen LogP contribution is 2.20. The molecule has 0 saturated heterocycles. The first-order chi connectivity index (χ1) is 6.68. The average molecular weight is 213 g/mol. The molecule has 0 aliphatic carbocycles. The van der Waals surface area contributed by atoms with Crippen molar-refractivity contribution in [3.05, 3.63) is 35.2 Å². The SMILES string of the molecule is Nc1cnn(-c2cccc(Cl)c2F)n1. The van der Waals surface area contributed by atoms with E-state index in [1.54, 1.807) is 6.07 Å². The zero-order chi connectivity index (χ0) is 10.1. The quantitative estimate of drug-likeness (QED) is 0.782. The molecule has 0 atom stereocenters. The summed E-state index contributed by atoms with van der Waals surface area (Å²) in [7, 11) is 0. The third-order valence-corrected chi connectivity index (χ3v) is 1.95. The van der Waals surface area contributed by atoms with E-state index in [0.29, 0.717) is 0 Å². The lowest BCUT2D eigenvalue weighted by Crippen LogP contribution is -2.02. The summed E-state index contributed by atoms with van der Waals surface area (Å²) in [4.78, 5) is 1.09. The van der Waals surface area contributed by atoms with Gasteiger partial charge < -0.3 is 5.73 Å². The van der Waals surface area contributed by atoms with Crippen LogP contribution in [0, 0.1) is 5.82 Å². The third kappa shape index (κ3) is 1.42. The van der Waals surface area contributed by atoms with Crippen molar-refractivity contribution >= 4 is 17.4 Å². The number of nitrogen functional groups attached to an aromatic ring is 1. The van der Waals surface area contributed by atoms with Gasteiger partial charge in [-0.15, -0.1) is 9.90 Å². The molecule has 0 radical (unpaired) electrons. The second kappa shape index (κ2) is 3.26. The van der Waals surface area contributed by atoms with Gasteiger partial charge >= 0.3 is 0 Å². The topological polar surface area (TPSA) is 56.7 Å². The lowest BCUT2D eigenvalue weighted by Gasteiger charge is -2.01. The predicted molar refractivity (Wildman–Crippen MR) is 50.7 cm³/mol. The summed E-state index contributed by atoms with van der Waals surface area (Å²) < 4.78 is 13.4. The third-order valence-electron chi connectivity index (χ3n) is 1.66. The second-order valence-corrected chi connectivity index (χ2v) is 3.04. The first kappa shape index (κ1) is 8.96. The zero-order valence-electron chi connectivity index (χ0n) is 6.98. The van der Waals surface area contributed by atoms with E-state index in [1.807, 2.05) is 0 Å². The Morgan fingerprint density at radius 3 is 2.86 bits per heavy atom. The van der Waals surface area contributed by atoms with Crippen molar-refractivity contribution in [2.45, 2.75) is 0 Å². The molecule has 0 unspecified atom stereocenters. The monoisotopic (exact) mass is 212 g/mol. The molecule has 2 N–H and O–H groups in total. The van der Waals surface area contributed by atoms with Crippen LogP contribution in [-0.2, 0) is 0 Å². The lowest BCUT2D eigenvalue weighted by atomic mass is 10.3. The number of hydrogen-bond acceptors (Lipinski definition) is 3. The standard InChI is InChI=1S/C8H6ClFN4/c9-5-2-1-3-6(8(5)10)14-12-4-7(11)13-14/h1-4H,(H2,11,13). The van der Waals surface area contributed by atoms with Crippen molar-refractivity contribution in [1.82, 2.24) is 15.0 Å². The van der Waals surface area contributed by atoms with E-state index in [4.69, 9.17) is 17.3 Å². The van der Waals surface area contributed by atoms with Crippen LogP contribution in [0.25, 0.3) is 5.69 Å². The van der Waals surface area contributed by atoms with Crippen LogP contribution in [0.15, 0.2) is 24.4 Å². The molecule has 0 spiro atoms. The summed E-state index contributed by atoms with van der Waals surface area (Å²) in [5.41, 5.74) is 5.53. The fourth-order valence-electron chi connectivity index (χ4n) is 1.04. The van der Waals surface area contributed by atoms with Crippen LogP contribution in [0.4, 0.5) is 10.2 Å². The van der Waals surface area contributed by atoms with Crippen LogP contribution in [-0.4, -0.2) is 15.0 Å². The Balaban J connectivity index is 2.57. The molecule has 0 aliphatic heterocycles. The Morgan fingerprint density at radius 1 is 1.43 bits per heavy atom. The molecule has 0 amide bonds. The fourth-order valence-corrected chi connectivity index (χ4v) is 1.21. The zero-order valence-corrected chi connectivity index (χ0v) is 7.74. The summed E-state index contributed by atoms with van der Waals surface area (Å²) in [6, 6.07) is 4.58. The maximum atomic E-state index is 13.4. The molecule has 6 heteroatoms.